The van der Waals surface area contributed by atoms with E-state index in [2.05, 4.69) is 15.5 Å². The van der Waals surface area contributed by atoms with Crippen molar-refractivity contribution >= 4 is 11.6 Å². The molecule has 6 heteroatoms. The van der Waals surface area contributed by atoms with Gasteiger partial charge in [0.25, 0.3) is 5.91 Å². The highest BCUT2D eigenvalue weighted by atomic mass is 16.5. The van der Waals surface area contributed by atoms with Gasteiger partial charge in [0.1, 0.15) is 18.8 Å². The van der Waals surface area contributed by atoms with Crippen LogP contribution in [0.5, 0.6) is 0 Å². The molecule has 0 bridgehead atoms. The van der Waals surface area contributed by atoms with E-state index in [-0.39, 0.29) is 12.0 Å². The highest BCUT2D eigenvalue weighted by Crippen LogP contribution is 2.21. The van der Waals surface area contributed by atoms with E-state index in [1.54, 1.807) is 12.7 Å². The summed E-state index contributed by atoms with van der Waals surface area (Å²) in [5.74, 6) is -0.0919. The number of hydrogen-bond acceptors (Lipinski definition) is 4. The molecule has 1 N–H and O–H groups in total. The number of benzene rings is 1. The molecule has 1 unspecified atom stereocenters. The monoisotopic (exact) mass is 342 g/mol. The molecule has 1 amide bonds. The maximum absolute atomic E-state index is 12.4. The molecule has 1 saturated carbocycles. The number of rotatable bonds is 6. The molecule has 3 rings (SSSR count). The summed E-state index contributed by atoms with van der Waals surface area (Å²) in [4.78, 5) is 12.4. The average Bonchev–Trinajstić information content (AvgIpc) is 2.97. The molecule has 25 heavy (non-hydrogen) atoms. The van der Waals surface area contributed by atoms with Gasteiger partial charge in [0, 0.05) is 5.69 Å². The summed E-state index contributed by atoms with van der Waals surface area (Å²) in [5, 5.41) is 10.6. The molecule has 6 nitrogen and oxygen atoms in total. The highest BCUT2D eigenvalue weighted by Gasteiger charge is 2.20. The van der Waals surface area contributed by atoms with Gasteiger partial charge in [-0.15, -0.1) is 10.2 Å². The molecule has 0 spiro atoms. The Bertz CT molecular complexity index is 664. The van der Waals surface area contributed by atoms with E-state index in [9.17, 15) is 4.79 Å². The molecule has 1 fully saturated rings. The zero-order valence-corrected chi connectivity index (χ0v) is 14.7. The summed E-state index contributed by atoms with van der Waals surface area (Å²) in [5.41, 5.74) is 1.86. The van der Waals surface area contributed by atoms with Crippen LogP contribution in [-0.4, -0.2) is 32.9 Å². The number of anilines is 1. The number of nitrogens with one attached hydrogen (secondary N) is 1. The summed E-state index contributed by atoms with van der Waals surface area (Å²) in [6.45, 7) is 2.51. The van der Waals surface area contributed by atoms with E-state index in [1.807, 2.05) is 35.8 Å². The molecule has 1 heterocycles. The second-order valence-electron chi connectivity index (χ2n) is 6.72. The van der Waals surface area contributed by atoms with Crippen LogP contribution in [0.1, 0.15) is 51.0 Å². The van der Waals surface area contributed by atoms with Gasteiger partial charge in [-0.2, -0.15) is 0 Å². The Morgan fingerprint density at radius 3 is 2.68 bits per heavy atom. The second kappa shape index (κ2) is 8.76. The predicted molar refractivity (Wildman–Crippen MR) is 96.2 cm³/mol. The fourth-order valence-electron chi connectivity index (χ4n) is 3.23. The van der Waals surface area contributed by atoms with E-state index in [0.717, 1.165) is 24.1 Å². The van der Waals surface area contributed by atoms with Crippen molar-refractivity contribution in [1.29, 1.82) is 0 Å². The summed E-state index contributed by atoms with van der Waals surface area (Å²) in [6.07, 6.45) is 10.2. The van der Waals surface area contributed by atoms with Crippen molar-refractivity contribution in [2.45, 2.75) is 64.2 Å². The lowest BCUT2D eigenvalue weighted by Crippen LogP contribution is -2.31. The summed E-state index contributed by atoms with van der Waals surface area (Å²) >= 11 is 0. The van der Waals surface area contributed by atoms with Crippen LogP contribution in [0, 0.1) is 0 Å². The third-order valence-electron chi connectivity index (χ3n) is 4.59. The van der Waals surface area contributed by atoms with Crippen molar-refractivity contribution in [1.82, 2.24) is 14.8 Å². The van der Waals surface area contributed by atoms with E-state index < -0.39 is 6.10 Å². The first-order chi connectivity index (χ1) is 12.2. The maximum atomic E-state index is 12.4. The Kier molecular flexibility index (Phi) is 6.17. The van der Waals surface area contributed by atoms with Gasteiger partial charge >= 0.3 is 0 Å². The van der Waals surface area contributed by atoms with Gasteiger partial charge in [-0.05, 0) is 37.5 Å². The van der Waals surface area contributed by atoms with E-state index in [0.29, 0.717) is 6.54 Å². The molecular weight excluding hydrogens is 316 g/mol. The number of carbonyl (C=O) groups is 1. The topological polar surface area (TPSA) is 69.0 Å². The molecule has 1 aromatic carbocycles. The van der Waals surface area contributed by atoms with Gasteiger partial charge in [-0.25, -0.2) is 0 Å². The van der Waals surface area contributed by atoms with Crippen LogP contribution in [0.25, 0.3) is 0 Å². The normalized spacial score (nSPS) is 17.0. The van der Waals surface area contributed by atoms with Crippen LogP contribution < -0.4 is 5.32 Å². The van der Waals surface area contributed by atoms with Gasteiger partial charge < -0.3 is 14.6 Å². The zero-order chi connectivity index (χ0) is 17.5. The molecular formula is C19H26N4O2. The van der Waals surface area contributed by atoms with Crippen LogP contribution in [0.2, 0.25) is 0 Å². The highest BCUT2D eigenvalue weighted by molar-refractivity contribution is 5.93. The van der Waals surface area contributed by atoms with Crippen LogP contribution in [-0.2, 0) is 16.1 Å². The van der Waals surface area contributed by atoms with Crippen molar-refractivity contribution in [2.75, 3.05) is 5.32 Å². The Morgan fingerprint density at radius 1 is 1.24 bits per heavy atom. The minimum Gasteiger partial charge on any atom is -0.365 e. The third-order valence-corrected chi connectivity index (χ3v) is 4.59. The van der Waals surface area contributed by atoms with E-state index in [4.69, 9.17) is 4.74 Å². The van der Waals surface area contributed by atoms with Crippen molar-refractivity contribution in [3.05, 3.63) is 42.5 Å². The Morgan fingerprint density at radius 2 is 1.96 bits per heavy atom. The predicted octanol–water partition coefficient (Wildman–Crippen LogP) is 3.39. The quantitative estimate of drug-likeness (QED) is 0.817. The van der Waals surface area contributed by atoms with Crippen LogP contribution in [0.15, 0.2) is 36.9 Å². The van der Waals surface area contributed by atoms with Crippen molar-refractivity contribution in [3.63, 3.8) is 0 Å². The van der Waals surface area contributed by atoms with Gasteiger partial charge in [0.05, 0.1) is 12.6 Å². The number of amides is 1. The standard InChI is InChI=1S/C19H26N4O2/c1-15(25-18-9-4-2-3-5-10-18)19(24)22-17-8-6-7-16(11-17)12-23-13-20-21-14-23/h6-8,11,13-15,18H,2-5,9-10,12H2,1H3,(H,22,24). The molecule has 0 saturated heterocycles. The second-order valence-corrected chi connectivity index (χ2v) is 6.72. The first kappa shape index (κ1) is 17.6. The van der Waals surface area contributed by atoms with Crippen LogP contribution in [0.4, 0.5) is 5.69 Å². The zero-order valence-electron chi connectivity index (χ0n) is 14.7. The molecule has 2 aromatic rings. The van der Waals surface area contributed by atoms with Crippen molar-refractivity contribution in [3.8, 4) is 0 Å². The average molecular weight is 342 g/mol. The Balaban J connectivity index is 1.54. The van der Waals surface area contributed by atoms with E-state index in [1.165, 1.54) is 25.7 Å². The lowest BCUT2D eigenvalue weighted by molar-refractivity contribution is -0.130. The number of ether oxygens (including phenoxy) is 1. The SMILES string of the molecule is CC(OC1CCCCCC1)C(=O)Nc1cccc(Cn2cnnc2)c1. The number of carbonyl (C=O) groups excluding carboxylic acids is 1. The molecule has 1 aromatic heterocycles. The molecule has 1 aliphatic rings. The number of hydrogen-bond donors (Lipinski definition) is 1. The van der Waals surface area contributed by atoms with Crippen molar-refractivity contribution in [2.24, 2.45) is 0 Å². The van der Waals surface area contributed by atoms with Gasteiger partial charge in [0.15, 0.2) is 0 Å². The van der Waals surface area contributed by atoms with Gasteiger partial charge in [0.2, 0.25) is 0 Å². The van der Waals surface area contributed by atoms with Crippen molar-refractivity contribution < 1.29 is 9.53 Å². The minimum atomic E-state index is -0.440. The van der Waals surface area contributed by atoms with Gasteiger partial charge in [-0.3, -0.25) is 4.79 Å². The number of aromatic nitrogens is 3. The summed E-state index contributed by atoms with van der Waals surface area (Å²) in [6, 6.07) is 7.81. The summed E-state index contributed by atoms with van der Waals surface area (Å²) < 4.78 is 7.88. The number of nitrogens with zero attached hydrogens (tertiary/aromatic N) is 3. The fraction of sp³-hybridized carbons (Fsp3) is 0.526. The molecule has 0 radical (unpaired) electrons. The van der Waals surface area contributed by atoms with E-state index >= 15 is 0 Å². The minimum absolute atomic E-state index is 0.0919. The third kappa shape index (κ3) is 5.39. The fourth-order valence-corrected chi connectivity index (χ4v) is 3.23. The molecule has 0 aliphatic heterocycles. The molecule has 134 valence electrons. The molecule has 1 aliphatic carbocycles. The smallest absolute Gasteiger partial charge is 0.253 e. The van der Waals surface area contributed by atoms with Crippen LogP contribution >= 0.6 is 0 Å². The molecule has 1 atom stereocenters. The lowest BCUT2D eigenvalue weighted by Gasteiger charge is -2.20. The Hall–Kier alpha value is -2.21. The van der Waals surface area contributed by atoms with Gasteiger partial charge in [-0.1, -0.05) is 37.8 Å². The Labute approximate surface area is 148 Å². The lowest BCUT2D eigenvalue weighted by atomic mass is 10.1. The largest absolute Gasteiger partial charge is 0.365 e. The summed E-state index contributed by atoms with van der Waals surface area (Å²) in [7, 11) is 0. The first-order valence-corrected chi connectivity index (χ1v) is 9.08. The first-order valence-electron chi connectivity index (χ1n) is 9.08. The maximum Gasteiger partial charge on any atom is 0.253 e. The van der Waals surface area contributed by atoms with Crippen LogP contribution in [0.3, 0.4) is 0 Å².